The van der Waals surface area contributed by atoms with E-state index in [4.69, 9.17) is 19.3 Å². The van der Waals surface area contributed by atoms with Crippen molar-refractivity contribution in [1.82, 2.24) is 4.98 Å². The summed E-state index contributed by atoms with van der Waals surface area (Å²) in [6, 6.07) is 0. The standard InChI is InChI=1S/C26H49BrNO6PS/c1-2-3-4-5-6-7-8-9-10-11-12-13-14-15-16-17-19-32-23-25(34-26-28-18-20-36-26)21-24(27)22-33-35(29,30)31/h18,20,24-25H,2-17,19,21-23H2,1H3,(H2,29,30,31). The molecule has 1 aromatic heterocycles. The lowest BCUT2D eigenvalue weighted by Crippen LogP contribution is -2.28. The maximum absolute atomic E-state index is 10.9. The molecule has 2 N–H and O–H groups in total. The lowest BCUT2D eigenvalue weighted by Gasteiger charge is -2.20. The molecule has 0 spiro atoms. The second-order valence-corrected chi connectivity index (χ2v) is 12.9. The topological polar surface area (TPSA) is 98.1 Å². The van der Waals surface area contributed by atoms with Gasteiger partial charge in [-0.15, -0.1) is 0 Å². The van der Waals surface area contributed by atoms with Crippen molar-refractivity contribution >= 4 is 35.1 Å². The number of hydrogen-bond donors (Lipinski definition) is 2. The number of nitrogens with zero attached hydrogens (tertiary/aromatic N) is 1. The molecule has 0 amide bonds. The SMILES string of the molecule is CCCCCCCCCCCCCCCCCCOCC(CC(Br)COP(=O)(O)O)Oc1nccs1. The molecule has 1 rings (SSSR count). The summed E-state index contributed by atoms with van der Waals surface area (Å²) in [6.07, 6.45) is 23.4. The van der Waals surface area contributed by atoms with E-state index >= 15 is 0 Å². The van der Waals surface area contributed by atoms with Crippen LogP contribution in [0.4, 0.5) is 0 Å². The van der Waals surface area contributed by atoms with Crippen LogP contribution in [0.3, 0.4) is 0 Å². The van der Waals surface area contributed by atoms with Gasteiger partial charge in [-0.25, -0.2) is 9.55 Å². The Labute approximate surface area is 231 Å². The highest BCUT2D eigenvalue weighted by atomic mass is 79.9. The summed E-state index contributed by atoms with van der Waals surface area (Å²) >= 11 is 4.81. The number of unbranched alkanes of at least 4 members (excludes halogenated alkanes) is 15. The molecule has 212 valence electrons. The van der Waals surface area contributed by atoms with Gasteiger partial charge in [-0.3, -0.25) is 4.52 Å². The van der Waals surface area contributed by atoms with Crippen molar-refractivity contribution in [2.24, 2.45) is 0 Å². The predicted octanol–water partition coefficient (Wildman–Crippen LogP) is 8.43. The molecule has 0 radical (unpaired) electrons. The van der Waals surface area contributed by atoms with Gasteiger partial charge < -0.3 is 19.3 Å². The van der Waals surface area contributed by atoms with Gasteiger partial charge in [0.15, 0.2) is 0 Å². The van der Waals surface area contributed by atoms with Crippen LogP contribution in [0.2, 0.25) is 0 Å². The van der Waals surface area contributed by atoms with Crippen molar-refractivity contribution in [3.05, 3.63) is 11.6 Å². The molecule has 0 aliphatic carbocycles. The molecular formula is C26H49BrNO6PS. The molecular weight excluding hydrogens is 565 g/mol. The Hall–Kier alpha value is -0.0200. The lowest BCUT2D eigenvalue weighted by atomic mass is 10.0. The fraction of sp³-hybridized carbons (Fsp3) is 0.885. The number of alkyl halides is 1. The van der Waals surface area contributed by atoms with Crippen LogP contribution in [0.15, 0.2) is 11.6 Å². The van der Waals surface area contributed by atoms with Crippen molar-refractivity contribution < 1.29 is 28.3 Å². The Balaban J connectivity index is 2.00. The first kappa shape index (κ1) is 34.0. The highest BCUT2D eigenvalue weighted by Crippen LogP contribution is 2.36. The smallest absolute Gasteiger partial charge is 0.464 e. The summed E-state index contributed by atoms with van der Waals surface area (Å²) in [6.45, 7) is 3.25. The van der Waals surface area contributed by atoms with E-state index in [9.17, 15) is 4.57 Å². The zero-order valence-electron chi connectivity index (χ0n) is 22.2. The number of phosphoric acid groups is 1. The molecule has 0 fully saturated rings. The maximum Gasteiger partial charge on any atom is 0.469 e. The van der Waals surface area contributed by atoms with Gasteiger partial charge in [0.25, 0.3) is 5.19 Å². The van der Waals surface area contributed by atoms with E-state index in [1.807, 2.05) is 5.38 Å². The fourth-order valence-corrected chi connectivity index (χ4v) is 5.74. The normalized spacial score (nSPS) is 13.7. The van der Waals surface area contributed by atoms with Gasteiger partial charge in [0.2, 0.25) is 0 Å². The molecule has 36 heavy (non-hydrogen) atoms. The molecule has 0 saturated heterocycles. The summed E-state index contributed by atoms with van der Waals surface area (Å²) in [5, 5.41) is 2.40. The minimum absolute atomic E-state index is 0.110. The van der Waals surface area contributed by atoms with E-state index in [1.165, 1.54) is 108 Å². The van der Waals surface area contributed by atoms with Gasteiger partial charge in [0, 0.05) is 29.4 Å². The number of hydrogen-bond acceptors (Lipinski definition) is 6. The molecule has 0 aliphatic heterocycles. The maximum atomic E-state index is 10.9. The van der Waals surface area contributed by atoms with Crippen LogP contribution < -0.4 is 4.74 Å². The molecule has 0 aromatic carbocycles. The van der Waals surface area contributed by atoms with Crippen LogP contribution in [0.25, 0.3) is 0 Å². The average molecular weight is 615 g/mol. The monoisotopic (exact) mass is 613 g/mol. The van der Waals surface area contributed by atoms with Crippen molar-refractivity contribution in [2.45, 2.75) is 127 Å². The molecule has 1 aromatic rings. The summed E-state index contributed by atoms with van der Waals surface area (Å²) in [5.74, 6) is 0. The number of phosphoric ester groups is 1. The zero-order chi connectivity index (χ0) is 26.3. The summed E-state index contributed by atoms with van der Waals surface area (Å²) in [5.41, 5.74) is 0. The predicted molar refractivity (Wildman–Crippen MR) is 152 cm³/mol. The summed E-state index contributed by atoms with van der Waals surface area (Å²) in [7, 11) is -4.49. The van der Waals surface area contributed by atoms with Crippen molar-refractivity contribution in [3.8, 4) is 5.19 Å². The Morgan fingerprint density at radius 2 is 1.42 bits per heavy atom. The molecule has 2 atom stereocenters. The number of aromatic nitrogens is 1. The van der Waals surface area contributed by atoms with Gasteiger partial charge in [-0.1, -0.05) is 131 Å². The minimum atomic E-state index is -4.49. The first-order valence-corrected chi connectivity index (χ1v) is 17.2. The third-order valence-electron chi connectivity index (χ3n) is 6.07. The van der Waals surface area contributed by atoms with Crippen LogP contribution in [0, 0.1) is 0 Å². The van der Waals surface area contributed by atoms with E-state index in [1.54, 1.807) is 6.20 Å². The zero-order valence-corrected chi connectivity index (χ0v) is 25.5. The van der Waals surface area contributed by atoms with Gasteiger partial charge in [-0.05, 0) is 6.42 Å². The Bertz CT molecular complexity index is 648. The molecule has 0 aliphatic rings. The average Bonchev–Trinajstić information content (AvgIpc) is 3.34. The number of thiazole rings is 1. The highest BCUT2D eigenvalue weighted by molar-refractivity contribution is 9.09. The van der Waals surface area contributed by atoms with Crippen molar-refractivity contribution in [1.29, 1.82) is 0 Å². The fourth-order valence-electron chi connectivity index (χ4n) is 4.06. The van der Waals surface area contributed by atoms with E-state index in [-0.39, 0.29) is 17.5 Å². The van der Waals surface area contributed by atoms with E-state index in [2.05, 4.69) is 32.4 Å². The first-order valence-electron chi connectivity index (χ1n) is 13.9. The van der Waals surface area contributed by atoms with E-state index in [0.717, 1.165) is 6.42 Å². The van der Waals surface area contributed by atoms with Crippen molar-refractivity contribution in [2.75, 3.05) is 19.8 Å². The number of halogens is 1. The Morgan fingerprint density at radius 1 is 0.889 bits per heavy atom. The van der Waals surface area contributed by atoms with Gasteiger partial charge in [-0.2, -0.15) is 0 Å². The van der Waals surface area contributed by atoms with Crippen LogP contribution in [-0.2, 0) is 13.8 Å². The highest BCUT2D eigenvalue weighted by Gasteiger charge is 2.21. The van der Waals surface area contributed by atoms with Crippen LogP contribution in [-0.4, -0.2) is 45.5 Å². The minimum Gasteiger partial charge on any atom is -0.464 e. The molecule has 1 heterocycles. The third-order valence-corrected chi connectivity index (χ3v) is 7.85. The molecule has 10 heteroatoms. The third kappa shape index (κ3) is 22.0. The van der Waals surface area contributed by atoms with Gasteiger partial charge >= 0.3 is 7.82 Å². The number of ether oxygens (including phenoxy) is 2. The quantitative estimate of drug-likeness (QED) is 0.0614. The number of rotatable bonds is 26. The second-order valence-electron chi connectivity index (χ2n) is 9.54. The molecule has 0 bridgehead atoms. The Morgan fingerprint density at radius 3 is 1.89 bits per heavy atom. The molecule has 7 nitrogen and oxygen atoms in total. The first-order chi connectivity index (χ1) is 17.4. The van der Waals surface area contributed by atoms with Gasteiger partial charge in [0.1, 0.15) is 6.10 Å². The van der Waals surface area contributed by atoms with Gasteiger partial charge in [0.05, 0.1) is 13.2 Å². The van der Waals surface area contributed by atoms with E-state index in [0.29, 0.717) is 24.8 Å². The van der Waals surface area contributed by atoms with Crippen LogP contribution in [0.1, 0.15) is 116 Å². The summed E-state index contributed by atoms with van der Waals surface area (Å²) < 4.78 is 27.2. The molecule has 0 saturated carbocycles. The Kier molecular flexibility index (Phi) is 21.6. The van der Waals surface area contributed by atoms with Crippen molar-refractivity contribution in [3.63, 3.8) is 0 Å². The largest absolute Gasteiger partial charge is 0.469 e. The van der Waals surface area contributed by atoms with Crippen LogP contribution >= 0.6 is 35.1 Å². The lowest BCUT2D eigenvalue weighted by molar-refractivity contribution is 0.0419. The second kappa shape index (κ2) is 22.9. The summed E-state index contributed by atoms with van der Waals surface area (Å²) in [4.78, 5) is 21.6. The van der Waals surface area contributed by atoms with Crippen LogP contribution in [0.5, 0.6) is 5.19 Å². The molecule has 2 unspecified atom stereocenters. The van der Waals surface area contributed by atoms with E-state index < -0.39 is 7.82 Å².